The molecule has 0 heterocycles. The van der Waals surface area contributed by atoms with Gasteiger partial charge in [0.15, 0.2) is 0 Å². The molecule has 0 aromatic rings. The lowest BCUT2D eigenvalue weighted by Gasteiger charge is -2.16. The Morgan fingerprint density at radius 3 is 2.00 bits per heavy atom. The van der Waals surface area contributed by atoms with E-state index in [0.29, 0.717) is 5.92 Å². The van der Waals surface area contributed by atoms with Crippen molar-refractivity contribution in [3.05, 3.63) is 11.0 Å². The summed E-state index contributed by atoms with van der Waals surface area (Å²) in [7, 11) is -0.850. The van der Waals surface area contributed by atoms with Crippen molar-refractivity contribution in [1.29, 1.82) is 0 Å². The molecule has 1 nitrogen and oxygen atoms in total. The van der Waals surface area contributed by atoms with Crippen LogP contribution in [0.4, 0.5) is 0 Å². The Balaban J connectivity index is 4.46. The van der Waals surface area contributed by atoms with Gasteiger partial charge in [0.1, 0.15) is 0 Å². The van der Waals surface area contributed by atoms with Crippen LogP contribution >= 0.6 is 0 Å². The monoisotopic (exact) mass is 188 g/mol. The molecule has 0 spiro atoms. The van der Waals surface area contributed by atoms with Gasteiger partial charge in [-0.05, 0) is 33.6 Å². The van der Waals surface area contributed by atoms with E-state index in [1.165, 1.54) is 5.57 Å². The van der Waals surface area contributed by atoms with E-state index in [4.69, 9.17) is 0 Å². The van der Waals surface area contributed by atoms with E-state index in [-0.39, 0.29) is 4.75 Å². The molecule has 72 valence electrons. The first-order valence-electron chi connectivity index (χ1n) is 4.34. The fourth-order valence-corrected chi connectivity index (χ4v) is 1.45. The largest absolute Gasteiger partial charge is 0.254 e. The van der Waals surface area contributed by atoms with Crippen molar-refractivity contribution in [2.75, 3.05) is 0 Å². The molecule has 0 radical (unpaired) electrons. The van der Waals surface area contributed by atoms with Crippen molar-refractivity contribution in [2.24, 2.45) is 5.92 Å². The normalized spacial score (nSPS) is 16.8. The Bertz CT molecular complexity index is 196. The van der Waals surface area contributed by atoms with Crippen LogP contribution in [0.3, 0.4) is 0 Å². The van der Waals surface area contributed by atoms with Crippen LogP contribution < -0.4 is 0 Å². The van der Waals surface area contributed by atoms with Crippen LogP contribution in [0.25, 0.3) is 0 Å². The van der Waals surface area contributed by atoms with Gasteiger partial charge in [-0.15, -0.1) is 0 Å². The van der Waals surface area contributed by atoms with Crippen LogP contribution in [0.5, 0.6) is 0 Å². The molecule has 0 rings (SSSR count). The molecule has 0 saturated heterocycles. The molecule has 0 amide bonds. The fourth-order valence-electron chi connectivity index (χ4n) is 0.482. The van der Waals surface area contributed by atoms with Crippen LogP contribution in [-0.4, -0.2) is 8.96 Å². The molecular weight excluding hydrogens is 168 g/mol. The predicted octanol–water partition coefficient (Wildman–Crippen LogP) is 3.09. The van der Waals surface area contributed by atoms with E-state index < -0.39 is 10.8 Å². The second-order valence-corrected chi connectivity index (χ2v) is 6.48. The summed E-state index contributed by atoms with van der Waals surface area (Å²) in [4.78, 5) is 0. The Morgan fingerprint density at radius 1 is 1.33 bits per heavy atom. The lowest BCUT2D eigenvalue weighted by atomic mass is 10.1. The summed E-state index contributed by atoms with van der Waals surface area (Å²) in [5.41, 5.74) is 1.21. The third-order valence-corrected chi connectivity index (χ3v) is 3.60. The van der Waals surface area contributed by atoms with Crippen molar-refractivity contribution in [3.63, 3.8) is 0 Å². The van der Waals surface area contributed by atoms with Gasteiger partial charge in [0.05, 0.1) is 10.8 Å². The topological polar surface area (TPSA) is 17.1 Å². The van der Waals surface area contributed by atoms with Crippen LogP contribution in [0, 0.1) is 5.92 Å². The van der Waals surface area contributed by atoms with Crippen molar-refractivity contribution in [2.45, 2.75) is 46.3 Å². The van der Waals surface area contributed by atoms with E-state index in [1.54, 1.807) is 0 Å². The van der Waals surface area contributed by atoms with E-state index in [1.807, 2.05) is 33.1 Å². The molecule has 0 aliphatic rings. The SMILES string of the molecule is CC(=CS(=O)C(C)(C)C)C(C)C. The third kappa shape index (κ3) is 4.05. The van der Waals surface area contributed by atoms with Gasteiger partial charge in [0.25, 0.3) is 0 Å². The third-order valence-electron chi connectivity index (χ3n) is 1.81. The number of allylic oxidation sites excluding steroid dienone is 1. The smallest absolute Gasteiger partial charge is 0.0509 e. The number of hydrogen-bond donors (Lipinski definition) is 0. The van der Waals surface area contributed by atoms with Gasteiger partial charge in [0, 0.05) is 10.2 Å². The maximum absolute atomic E-state index is 11.6. The first-order valence-corrected chi connectivity index (χ1v) is 5.55. The van der Waals surface area contributed by atoms with Crippen molar-refractivity contribution in [3.8, 4) is 0 Å². The van der Waals surface area contributed by atoms with Gasteiger partial charge < -0.3 is 0 Å². The van der Waals surface area contributed by atoms with Gasteiger partial charge in [0.2, 0.25) is 0 Å². The molecular formula is C10H20OS. The molecule has 12 heavy (non-hydrogen) atoms. The van der Waals surface area contributed by atoms with Crippen molar-refractivity contribution < 1.29 is 4.21 Å². The molecule has 0 fully saturated rings. The molecule has 0 aliphatic heterocycles. The molecule has 0 N–H and O–H groups in total. The summed E-state index contributed by atoms with van der Waals surface area (Å²) in [6.45, 7) is 12.2. The van der Waals surface area contributed by atoms with E-state index in [2.05, 4.69) is 13.8 Å². The molecule has 0 aromatic heterocycles. The summed E-state index contributed by atoms with van der Waals surface area (Å²) >= 11 is 0. The average Bonchev–Trinajstić information content (AvgIpc) is 1.85. The molecule has 0 aliphatic carbocycles. The van der Waals surface area contributed by atoms with Crippen LogP contribution in [-0.2, 0) is 10.8 Å². The molecule has 1 unspecified atom stereocenters. The fraction of sp³-hybridized carbons (Fsp3) is 0.800. The van der Waals surface area contributed by atoms with E-state index in [0.717, 1.165) is 0 Å². The maximum atomic E-state index is 11.6. The second-order valence-electron chi connectivity index (χ2n) is 4.43. The summed E-state index contributed by atoms with van der Waals surface area (Å²) in [6.07, 6.45) is 0. The molecule has 0 aromatic carbocycles. The van der Waals surface area contributed by atoms with Crippen molar-refractivity contribution in [1.82, 2.24) is 0 Å². The van der Waals surface area contributed by atoms with Crippen LogP contribution in [0.15, 0.2) is 11.0 Å². The molecule has 1 atom stereocenters. The highest BCUT2D eigenvalue weighted by Crippen LogP contribution is 2.16. The highest BCUT2D eigenvalue weighted by Gasteiger charge is 2.17. The predicted molar refractivity (Wildman–Crippen MR) is 56.5 cm³/mol. The highest BCUT2D eigenvalue weighted by atomic mass is 32.2. The van der Waals surface area contributed by atoms with Gasteiger partial charge in [-0.2, -0.15) is 0 Å². The van der Waals surface area contributed by atoms with Crippen LogP contribution in [0.1, 0.15) is 41.5 Å². The first-order chi connectivity index (χ1) is 5.25. The Labute approximate surface area is 78.7 Å². The van der Waals surface area contributed by atoms with Crippen LogP contribution in [0.2, 0.25) is 0 Å². The number of hydrogen-bond acceptors (Lipinski definition) is 1. The summed E-state index contributed by atoms with van der Waals surface area (Å²) in [5.74, 6) is 0.497. The lowest BCUT2D eigenvalue weighted by Crippen LogP contribution is -2.20. The summed E-state index contributed by atoms with van der Waals surface area (Å²) in [6, 6.07) is 0. The van der Waals surface area contributed by atoms with E-state index >= 15 is 0 Å². The Kier molecular flexibility index (Phi) is 4.18. The Hall–Kier alpha value is -0.110. The van der Waals surface area contributed by atoms with Gasteiger partial charge in [-0.25, -0.2) is 0 Å². The minimum absolute atomic E-state index is 0.129. The minimum atomic E-state index is -0.850. The number of rotatable bonds is 2. The zero-order valence-electron chi connectivity index (χ0n) is 8.97. The quantitative estimate of drug-likeness (QED) is 0.651. The zero-order chi connectivity index (χ0) is 9.94. The Morgan fingerprint density at radius 2 is 1.75 bits per heavy atom. The van der Waals surface area contributed by atoms with Gasteiger partial charge in [-0.1, -0.05) is 19.4 Å². The highest BCUT2D eigenvalue weighted by molar-refractivity contribution is 7.89. The first kappa shape index (κ1) is 11.9. The van der Waals surface area contributed by atoms with Gasteiger partial charge >= 0.3 is 0 Å². The van der Waals surface area contributed by atoms with Crippen molar-refractivity contribution >= 4 is 10.8 Å². The lowest BCUT2D eigenvalue weighted by molar-refractivity contribution is 0.655. The molecule has 0 saturated carbocycles. The second kappa shape index (κ2) is 4.22. The maximum Gasteiger partial charge on any atom is 0.0509 e. The van der Waals surface area contributed by atoms with E-state index in [9.17, 15) is 4.21 Å². The summed E-state index contributed by atoms with van der Waals surface area (Å²) in [5, 5.41) is 1.88. The standard InChI is InChI=1S/C10H20OS/c1-8(2)9(3)7-12(11)10(4,5)6/h7-8H,1-6H3. The molecule has 0 bridgehead atoms. The molecule has 2 heteroatoms. The minimum Gasteiger partial charge on any atom is -0.254 e. The average molecular weight is 188 g/mol. The van der Waals surface area contributed by atoms with Gasteiger partial charge in [-0.3, -0.25) is 4.21 Å². The zero-order valence-corrected chi connectivity index (χ0v) is 9.79. The summed E-state index contributed by atoms with van der Waals surface area (Å²) < 4.78 is 11.5.